The van der Waals surface area contributed by atoms with Gasteiger partial charge in [0, 0.05) is 17.7 Å². The average molecular weight is 356 g/mol. The SMILES string of the molecule is COc1ccc2c(c1)C(NC(=O)c1c(C)cc(C)[nH]c1=O)CC(C)(C)O2. The first-order valence-electron chi connectivity index (χ1n) is 8.58. The predicted molar refractivity (Wildman–Crippen MR) is 99.1 cm³/mol. The van der Waals surface area contributed by atoms with Gasteiger partial charge >= 0.3 is 0 Å². The highest BCUT2D eigenvalue weighted by Crippen LogP contribution is 2.41. The molecule has 1 aromatic carbocycles. The topological polar surface area (TPSA) is 80.4 Å². The summed E-state index contributed by atoms with van der Waals surface area (Å²) in [6, 6.07) is 7.05. The third-order valence-corrected chi connectivity index (χ3v) is 4.57. The number of amides is 1. The molecular formula is C20H24N2O4. The van der Waals surface area contributed by atoms with E-state index in [1.807, 2.05) is 32.0 Å². The number of fused-ring (bicyclic) bond motifs is 1. The van der Waals surface area contributed by atoms with Gasteiger partial charge in [-0.3, -0.25) is 9.59 Å². The number of aryl methyl sites for hydroxylation is 2. The van der Waals surface area contributed by atoms with Crippen LogP contribution in [0.1, 0.15) is 53.5 Å². The lowest BCUT2D eigenvalue weighted by Gasteiger charge is -2.38. The highest BCUT2D eigenvalue weighted by atomic mass is 16.5. The van der Waals surface area contributed by atoms with E-state index in [1.54, 1.807) is 27.0 Å². The summed E-state index contributed by atoms with van der Waals surface area (Å²) in [5.74, 6) is 1.01. The van der Waals surface area contributed by atoms with Crippen molar-refractivity contribution in [1.29, 1.82) is 0 Å². The molecule has 1 aliphatic rings. The van der Waals surface area contributed by atoms with E-state index in [9.17, 15) is 9.59 Å². The first kappa shape index (κ1) is 18.0. The number of benzene rings is 1. The van der Waals surface area contributed by atoms with Crippen LogP contribution in [0.5, 0.6) is 11.5 Å². The molecule has 1 aliphatic heterocycles. The second kappa shape index (κ2) is 6.52. The Morgan fingerprint density at radius 2 is 2.04 bits per heavy atom. The van der Waals surface area contributed by atoms with Gasteiger partial charge in [0.1, 0.15) is 22.7 Å². The molecule has 3 rings (SSSR count). The first-order valence-corrected chi connectivity index (χ1v) is 8.58. The van der Waals surface area contributed by atoms with Gasteiger partial charge in [0.2, 0.25) is 0 Å². The van der Waals surface area contributed by atoms with Gasteiger partial charge in [0.15, 0.2) is 0 Å². The van der Waals surface area contributed by atoms with Crippen LogP contribution in [0.4, 0.5) is 0 Å². The van der Waals surface area contributed by atoms with Gasteiger partial charge in [0.05, 0.1) is 13.2 Å². The number of aromatic amines is 1. The Kier molecular flexibility index (Phi) is 4.52. The Morgan fingerprint density at radius 1 is 1.31 bits per heavy atom. The van der Waals surface area contributed by atoms with Crippen molar-refractivity contribution in [2.75, 3.05) is 7.11 Å². The molecule has 1 aromatic heterocycles. The molecule has 0 saturated heterocycles. The van der Waals surface area contributed by atoms with Gasteiger partial charge in [0.25, 0.3) is 11.5 Å². The number of ether oxygens (including phenoxy) is 2. The molecule has 0 saturated carbocycles. The van der Waals surface area contributed by atoms with Crippen LogP contribution in [0.3, 0.4) is 0 Å². The van der Waals surface area contributed by atoms with Crippen LogP contribution < -0.4 is 20.3 Å². The van der Waals surface area contributed by atoms with E-state index >= 15 is 0 Å². The van der Waals surface area contributed by atoms with Crippen LogP contribution in [0.25, 0.3) is 0 Å². The molecule has 2 N–H and O–H groups in total. The van der Waals surface area contributed by atoms with E-state index in [-0.39, 0.29) is 23.1 Å². The second-order valence-electron chi connectivity index (χ2n) is 7.34. The maximum absolute atomic E-state index is 12.8. The number of rotatable bonds is 3. The summed E-state index contributed by atoms with van der Waals surface area (Å²) in [6.07, 6.45) is 0.585. The number of H-pyrrole nitrogens is 1. The number of pyridine rings is 1. The van der Waals surface area contributed by atoms with E-state index in [4.69, 9.17) is 9.47 Å². The molecule has 6 heteroatoms. The zero-order chi connectivity index (χ0) is 19.1. The van der Waals surface area contributed by atoms with Crippen molar-refractivity contribution in [3.8, 4) is 11.5 Å². The summed E-state index contributed by atoms with van der Waals surface area (Å²) < 4.78 is 11.3. The van der Waals surface area contributed by atoms with Crippen molar-refractivity contribution < 1.29 is 14.3 Å². The molecule has 0 aliphatic carbocycles. The lowest BCUT2D eigenvalue weighted by Crippen LogP contribution is -2.42. The van der Waals surface area contributed by atoms with Crippen molar-refractivity contribution in [3.05, 3.63) is 57.0 Å². The molecule has 6 nitrogen and oxygen atoms in total. The molecule has 0 spiro atoms. The highest BCUT2D eigenvalue weighted by molar-refractivity contribution is 5.95. The molecule has 1 atom stereocenters. The Hall–Kier alpha value is -2.76. The lowest BCUT2D eigenvalue weighted by atomic mass is 9.89. The molecule has 138 valence electrons. The molecule has 2 heterocycles. The summed E-state index contributed by atoms with van der Waals surface area (Å²) in [4.78, 5) is 27.8. The molecule has 0 radical (unpaired) electrons. The Labute approximate surface area is 152 Å². The normalized spacial score (nSPS) is 17.8. The van der Waals surface area contributed by atoms with Crippen LogP contribution in [0.15, 0.2) is 29.1 Å². The Balaban J connectivity index is 1.97. The van der Waals surface area contributed by atoms with Gasteiger partial charge in [-0.05, 0) is 57.5 Å². The molecule has 0 fully saturated rings. The highest BCUT2D eigenvalue weighted by Gasteiger charge is 2.35. The standard InChI is InChI=1S/C20H24N2O4/c1-11-8-12(2)21-18(23)17(11)19(24)22-15-10-20(3,4)26-16-7-6-13(25-5)9-14(15)16/h6-9,15H,10H2,1-5H3,(H,21,23)(H,22,24). The van der Waals surface area contributed by atoms with Crippen LogP contribution in [0, 0.1) is 13.8 Å². The van der Waals surface area contributed by atoms with E-state index < -0.39 is 5.60 Å². The zero-order valence-corrected chi connectivity index (χ0v) is 15.7. The van der Waals surface area contributed by atoms with Gasteiger partial charge in [-0.2, -0.15) is 0 Å². The molecule has 0 bridgehead atoms. The molecule has 1 unspecified atom stereocenters. The van der Waals surface area contributed by atoms with Crippen molar-refractivity contribution in [2.24, 2.45) is 0 Å². The number of carbonyl (C=O) groups excluding carboxylic acids is 1. The second-order valence-corrected chi connectivity index (χ2v) is 7.34. The first-order chi connectivity index (χ1) is 12.2. The monoisotopic (exact) mass is 356 g/mol. The minimum Gasteiger partial charge on any atom is -0.497 e. The van der Waals surface area contributed by atoms with Gasteiger partial charge < -0.3 is 19.8 Å². The Morgan fingerprint density at radius 3 is 2.69 bits per heavy atom. The van der Waals surface area contributed by atoms with Crippen LogP contribution >= 0.6 is 0 Å². The number of nitrogens with one attached hydrogen (secondary N) is 2. The predicted octanol–water partition coefficient (Wildman–Crippen LogP) is 3.03. The van der Waals surface area contributed by atoms with Crippen molar-refractivity contribution in [2.45, 2.75) is 45.8 Å². The van der Waals surface area contributed by atoms with E-state index in [0.717, 1.165) is 11.3 Å². The number of methoxy groups -OCH3 is 1. The van der Waals surface area contributed by atoms with Crippen molar-refractivity contribution in [3.63, 3.8) is 0 Å². The lowest BCUT2D eigenvalue weighted by molar-refractivity contribution is 0.0617. The summed E-state index contributed by atoms with van der Waals surface area (Å²) in [5.41, 5.74) is 1.56. The van der Waals surface area contributed by atoms with Gasteiger partial charge in [-0.15, -0.1) is 0 Å². The van der Waals surface area contributed by atoms with Crippen LogP contribution in [0.2, 0.25) is 0 Å². The fourth-order valence-corrected chi connectivity index (χ4v) is 3.45. The Bertz CT molecular complexity index is 915. The third-order valence-electron chi connectivity index (χ3n) is 4.57. The minimum atomic E-state index is -0.436. The summed E-state index contributed by atoms with van der Waals surface area (Å²) in [6.45, 7) is 7.51. The maximum Gasteiger partial charge on any atom is 0.261 e. The largest absolute Gasteiger partial charge is 0.497 e. The van der Waals surface area contributed by atoms with E-state index in [2.05, 4.69) is 10.3 Å². The number of carbonyl (C=O) groups is 1. The van der Waals surface area contributed by atoms with Gasteiger partial charge in [-0.1, -0.05) is 0 Å². The maximum atomic E-state index is 12.8. The molecule has 1 amide bonds. The van der Waals surface area contributed by atoms with E-state index in [0.29, 0.717) is 23.5 Å². The molecule has 2 aromatic rings. The van der Waals surface area contributed by atoms with Crippen LogP contribution in [-0.2, 0) is 0 Å². The number of aromatic nitrogens is 1. The average Bonchev–Trinajstić information content (AvgIpc) is 2.52. The van der Waals surface area contributed by atoms with Gasteiger partial charge in [-0.25, -0.2) is 0 Å². The number of hydrogen-bond donors (Lipinski definition) is 2. The van der Waals surface area contributed by atoms with Crippen molar-refractivity contribution in [1.82, 2.24) is 10.3 Å². The fraction of sp³-hybridized carbons (Fsp3) is 0.400. The fourth-order valence-electron chi connectivity index (χ4n) is 3.45. The quantitative estimate of drug-likeness (QED) is 0.886. The van der Waals surface area contributed by atoms with E-state index in [1.165, 1.54) is 0 Å². The summed E-state index contributed by atoms with van der Waals surface area (Å²) in [7, 11) is 1.60. The summed E-state index contributed by atoms with van der Waals surface area (Å²) in [5, 5.41) is 3.00. The third kappa shape index (κ3) is 3.45. The molecule has 26 heavy (non-hydrogen) atoms. The summed E-state index contributed by atoms with van der Waals surface area (Å²) >= 11 is 0. The molecular weight excluding hydrogens is 332 g/mol. The smallest absolute Gasteiger partial charge is 0.261 e. The zero-order valence-electron chi connectivity index (χ0n) is 15.7. The minimum absolute atomic E-state index is 0.143. The number of hydrogen-bond acceptors (Lipinski definition) is 4. The van der Waals surface area contributed by atoms with Crippen LogP contribution in [-0.4, -0.2) is 23.6 Å². The van der Waals surface area contributed by atoms with Crippen molar-refractivity contribution >= 4 is 5.91 Å².